The summed E-state index contributed by atoms with van der Waals surface area (Å²) >= 11 is 0. The number of hydrogen-bond donors (Lipinski definition) is 2. The summed E-state index contributed by atoms with van der Waals surface area (Å²) in [5, 5.41) is 16.2. The van der Waals surface area contributed by atoms with Gasteiger partial charge in [-0.3, -0.25) is 10.1 Å². The van der Waals surface area contributed by atoms with Crippen LogP contribution in [0.5, 0.6) is 5.75 Å². The van der Waals surface area contributed by atoms with Crippen LogP contribution in [-0.4, -0.2) is 24.1 Å². The van der Waals surface area contributed by atoms with Crippen molar-refractivity contribution in [1.29, 1.82) is 0 Å². The molecule has 2 amide bonds. The molecule has 0 heterocycles. The first-order valence-electron chi connectivity index (χ1n) is 6.00. The lowest BCUT2D eigenvalue weighted by molar-refractivity contribution is -0.385. The fraction of sp³-hybridized carbons (Fsp3) is 0.417. The van der Waals surface area contributed by atoms with Crippen molar-refractivity contribution >= 4 is 17.4 Å². The van der Waals surface area contributed by atoms with Crippen LogP contribution in [0, 0.1) is 10.1 Å². The molecule has 1 aromatic rings. The van der Waals surface area contributed by atoms with Crippen LogP contribution in [0.15, 0.2) is 18.2 Å². The maximum Gasteiger partial charge on any atom is 0.319 e. The number of benzene rings is 1. The number of methoxy groups -OCH3 is 1. The van der Waals surface area contributed by atoms with Crippen LogP contribution in [0.1, 0.15) is 19.3 Å². The van der Waals surface area contributed by atoms with Crippen molar-refractivity contribution in [2.45, 2.75) is 25.3 Å². The summed E-state index contributed by atoms with van der Waals surface area (Å²) in [4.78, 5) is 21.9. The minimum absolute atomic E-state index is 0.162. The first kappa shape index (κ1) is 13.1. The van der Waals surface area contributed by atoms with Gasteiger partial charge in [-0.05, 0) is 31.4 Å². The zero-order valence-corrected chi connectivity index (χ0v) is 10.5. The van der Waals surface area contributed by atoms with Crippen molar-refractivity contribution in [3.8, 4) is 5.75 Å². The second-order valence-electron chi connectivity index (χ2n) is 4.37. The maximum absolute atomic E-state index is 11.6. The zero-order valence-electron chi connectivity index (χ0n) is 10.5. The number of nitrogens with one attached hydrogen (secondary N) is 2. The molecule has 2 rings (SSSR count). The predicted octanol–water partition coefficient (Wildman–Crippen LogP) is 2.28. The highest BCUT2D eigenvalue weighted by Crippen LogP contribution is 2.29. The van der Waals surface area contributed by atoms with Crippen LogP contribution in [0.3, 0.4) is 0 Å². The van der Waals surface area contributed by atoms with Crippen LogP contribution >= 0.6 is 0 Å². The molecule has 1 fully saturated rings. The number of urea groups is 1. The second kappa shape index (κ2) is 5.55. The average molecular weight is 265 g/mol. The number of ether oxygens (including phenoxy) is 1. The summed E-state index contributed by atoms with van der Waals surface area (Å²) in [5.74, 6) is 0.162. The van der Waals surface area contributed by atoms with E-state index >= 15 is 0 Å². The molecule has 0 spiro atoms. The lowest BCUT2D eigenvalue weighted by atomic mass is 9.93. The molecule has 1 aliphatic rings. The van der Waals surface area contributed by atoms with E-state index in [2.05, 4.69) is 10.6 Å². The Bertz CT molecular complexity index is 500. The number of amides is 2. The van der Waals surface area contributed by atoms with Gasteiger partial charge in [-0.1, -0.05) is 0 Å². The SMILES string of the molecule is COc1ccc(NC(=O)NC2CCC2)cc1[N+](=O)[O-]. The molecular formula is C12H15N3O4. The molecule has 1 saturated carbocycles. The minimum Gasteiger partial charge on any atom is -0.490 e. The Morgan fingerprint density at radius 3 is 2.74 bits per heavy atom. The van der Waals surface area contributed by atoms with E-state index in [-0.39, 0.29) is 23.5 Å². The third-order valence-corrected chi connectivity index (χ3v) is 3.07. The van der Waals surface area contributed by atoms with E-state index in [1.807, 2.05) is 0 Å². The van der Waals surface area contributed by atoms with Gasteiger partial charge in [-0.15, -0.1) is 0 Å². The summed E-state index contributed by atoms with van der Waals surface area (Å²) in [5.41, 5.74) is 0.188. The molecule has 0 atom stereocenters. The Labute approximate surface area is 110 Å². The normalized spacial score (nSPS) is 14.4. The van der Waals surface area contributed by atoms with Crippen LogP contribution in [0.2, 0.25) is 0 Å². The molecule has 1 aromatic carbocycles. The van der Waals surface area contributed by atoms with Crippen molar-refractivity contribution in [2.75, 3.05) is 12.4 Å². The average Bonchev–Trinajstić information content (AvgIpc) is 2.33. The number of nitro benzene ring substituents is 1. The number of rotatable bonds is 4. The molecule has 1 aliphatic carbocycles. The quantitative estimate of drug-likeness (QED) is 0.645. The molecule has 0 saturated heterocycles. The lowest BCUT2D eigenvalue weighted by Gasteiger charge is -2.26. The zero-order chi connectivity index (χ0) is 13.8. The number of carbonyl (C=O) groups excluding carboxylic acids is 1. The minimum atomic E-state index is -0.548. The van der Waals surface area contributed by atoms with Crippen LogP contribution < -0.4 is 15.4 Å². The van der Waals surface area contributed by atoms with Gasteiger partial charge < -0.3 is 15.4 Å². The highest BCUT2D eigenvalue weighted by atomic mass is 16.6. The number of anilines is 1. The molecule has 0 aromatic heterocycles. The number of nitro groups is 1. The molecule has 19 heavy (non-hydrogen) atoms. The van der Waals surface area contributed by atoms with Crippen molar-refractivity contribution in [3.05, 3.63) is 28.3 Å². The Hall–Kier alpha value is -2.31. The number of carbonyl (C=O) groups is 1. The standard InChI is InChI=1S/C12H15N3O4/c1-19-11-6-5-9(7-10(11)15(17)18)14-12(16)13-8-3-2-4-8/h5-8H,2-4H2,1H3,(H2,13,14,16). The molecule has 0 unspecified atom stereocenters. The lowest BCUT2D eigenvalue weighted by Crippen LogP contribution is -2.41. The third-order valence-electron chi connectivity index (χ3n) is 3.07. The second-order valence-corrected chi connectivity index (χ2v) is 4.37. The number of nitrogens with zero attached hydrogens (tertiary/aromatic N) is 1. The van der Waals surface area contributed by atoms with E-state index in [1.54, 1.807) is 6.07 Å². The van der Waals surface area contributed by atoms with E-state index in [9.17, 15) is 14.9 Å². The largest absolute Gasteiger partial charge is 0.490 e. The third kappa shape index (κ3) is 3.12. The van der Waals surface area contributed by atoms with Crippen LogP contribution in [-0.2, 0) is 0 Å². The van der Waals surface area contributed by atoms with E-state index in [0.29, 0.717) is 5.69 Å². The maximum atomic E-state index is 11.6. The summed E-state index contributed by atoms with van der Waals surface area (Å²) < 4.78 is 4.89. The molecule has 102 valence electrons. The summed E-state index contributed by atoms with van der Waals surface area (Å²) in [6.45, 7) is 0. The van der Waals surface area contributed by atoms with E-state index < -0.39 is 4.92 Å². The van der Waals surface area contributed by atoms with Gasteiger partial charge in [0.15, 0.2) is 5.75 Å². The molecule has 2 N–H and O–H groups in total. The Morgan fingerprint density at radius 1 is 1.47 bits per heavy atom. The van der Waals surface area contributed by atoms with Crippen LogP contribution in [0.25, 0.3) is 0 Å². The monoisotopic (exact) mass is 265 g/mol. The van der Waals surface area contributed by atoms with E-state index in [1.165, 1.54) is 19.2 Å². The molecule has 0 radical (unpaired) electrons. The summed E-state index contributed by atoms with van der Waals surface area (Å²) in [7, 11) is 1.36. The first-order chi connectivity index (χ1) is 9.10. The first-order valence-corrected chi connectivity index (χ1v) is 6.00. The molecular weight excluding hydrogens is 250 g/mol. The highest BCUT2D eigenvalue weighted by Gasteiger charge is 2.20. The van der Waals surface area contributed by atoms with Crippen LogP contribution in [0.4, 0.5) is 16.2 Å². The molecule has 0 bridgehead atoms. The smallest absolute Gasteiger partial charge is 0.319 e. The van der Waals surface area contributed by atoms with Crippen molar-refractivity contribution < 1.29 is 14.5 Å². The number of hydrogen-bond acceptors (Lipinski definition) is 4. The fourth-order valence-corrected chi connectivity index (χ4v) is 1.82. The van der Waals surface area contributed by atoms with Gasteiger partial charge in [0.05, 0.1) is 12.0 Å². The van der Waals surface area contributed by atoms with Crippen molar-refractivity contribution in [2.24, 2.45) is 0 Å². The summed E-state index contributed by atoms with van der Waals surface area (Å²) in [6.07, 6.45) is 3.09. The van der Waals surface area contributed by atoms with Gasteiger partial charge in [-0.2, -0.15) is 0 Å². The summed E-state index contributed by atoms with van der Waals surface area (Å²) in [6, 6.07) is 4.17. The molecule has 0 aliphatic heterocycles. The van der Waals surface area contributed by atoms with Crippen molar-refractivity contribution in [1.82, 2.24) is 5.32 Å². The van der Waals surface area contributed by atoms with Gasteiger partial charge in [0.25, 0.3) is 0 Å². The van der Waals surface area contributed by atoms with Gasteiger partial charge in [-0.25, -0.2) is 4.79 Å². The Balaban J connectivity index is 2.05. The fourth-order valence-electron chi connectivity index (χ4n) is 1.82. The Morgan fingerprint density at radius 2 is 2.21 bits per heavy atom. The topological polar surface area (TPSA) is 93.5 Å². The van der Waals surface area contributed by atoms with E-state index in [0.717, 1.165) is 19.3 Å². The van der Waals surface area contributed by atoms with Gasteiger partial charge >= 0.3 is 11.7 Å². The predicted molar refractivity (Wildman–Crippen MR) is 69.4 cm³/mol. The molecule has 7 nitrogen and oxygen atoms in total. The van der Waals surface area contributed by atoms with Gasteiger partial charge in [0, 0.05) is 17.8 Å². The van der Waals surface area contributed by atoms with Crippen molar-refractivity contribution in [3.63, 3.8) is 0 Å². The Kier molecular flexibility index (Phi) is 3.84. The van der Waals surface area contributed by atoms with Gasteiger partial charge in [0.1, 0.15) is 0 Å². The van der Waals surface area contributed by atoms with E-state index in [4.69, 9.17) is 4.74 Å². The van der Waals surface area contributed by atoms with Gasteiger partial charge in [0.2, 0.25) is 0 Å². The molecule has 7 heteroatoms. The highest BCUT2D eigenvalue weighted by molar-refractivity contribution is 5.90.